The number of nitrogens with two attached hydrogens (primary N) is 1. The van der Waals surface area contributed by atoms with E-state index in [9.17, 15) is 9.59 Å². The highest BCUT2D eigenvalue weighted by Gasteiger charge is 2.29. The maximum absolute atomic E-state index is 12.3. The Morgan fingerprint density at radius 1 is 1.12 bits per heavy atom. The van der Waals surface area contributed by atoms with Crippen molar-refractivity contribution >= 4 is 35.0 Å². The Morgan fingerprint density at radius 3 is 2.34 bits per heavy atom. The number of hydrogen-bond acceptors (Lipinski definition) is 5. The first-order valence-corrected chi connectivity index (χ1v) is 11.1. The number of rotatable bonds is 12. The first-order chi connectivity index (χ1) is 15.3. The number of carbonyl (C=O) groups excluding carboxylic acids is 2. The maximum atomic E-state index is 12.3. The summed E-state index contributed by atoms with van der Waals surface area (Å²) in [6, 6.07) is 10.4. The third-order valence-electron chi connectivity index (χ3n) is 4.55. The number of Topliss-reactive ketones (excluding diaryl/α,β-unsaturated/α-hetero) is 1. The second-order valence-corrected chi connectivity index (χ2v) is 7.60. The Bertz CT molecular complexity index is 924. The SMILES string of the molecule is CCOc1cc(C(Cl)N(CCOCc2ccccc2)C(N)=O)c(Cl)c(OCC)c1C(C)=O. The predicted octanol–water partition coefficient (Wildman–Crippen LogP) is 5.17. The monoisotopic (exact) mass is 482 g/mol. The molecule has 0 saturated carbocycles. The van der Waals surface area contributed by atoms with Gasteiger partial charge in [0.15, 0.2) is 11.5 Å². The first-order valence-electron chi connectivity index (χ1n) is 10.3. The molecule has 2 aromatic carbocycles. The topological polar surface area (TPSA) is 91.1 Å². The van der Waals surface area contributed by atoms with Crippen molar-refractivity contribution in [3.63, 3.8) is 0 Å². The largest absolute Gasteiger partial charge is 0.493 e. The van der Waals surface area contributed by atoms with Gasteiger partial charge in [-0.1, -0.05) is 53.5 Å². The van der Waals surface area contributed by atoms with E-state index < -0.39 is 11.5 Å². The van der Waals surface area contributed by atoms with Gasteiger partial charge in [0, 0.05) is 12.1 Å². The van der Waals surface area contributed by atoms with Crippen molar-refractivity contribution in [3.8, 4) is 11.5 Å². The fraction of sp³-hybridized carbons (Fsp3) is 0.391. The van der Waals surface area contributed by atoms with Gasteiger partial charge in [-0.2, -0.15) is 0 Å². The smallest absolute Gasteiger partial charge is 0.316 e. The van der Waals surface area contributed by atoms with Gasteiger partial charge in [0.25, 0.3) is 0 Å². The van der Waals surface area contributed by atoms with Gasteiger partial charge in [-0.15, -0.1) is 0 Å². The average molecular weight is 483 g/mol. The molecule has 0 bridgehead atoms. The minimum Gasteiger partial charge on any atom is -0.493 e. The molecule has 0 saturated heterocycles. The number of carbonyl (C=O) groups is 2. The molecule has 2 N–H and O–H groups in total. The van der Waals surface area contributed by atoms with Crippen molar-refractivity contribution in [1.82, 2.24) is 4.90 Å². The Labute approximate surface area is 198 Å². The molecule has 0 fully saturated rings. The number of hydrogen-bond donors (Lipinski definition) is 1. The van der Waals surface area contributed by atoms with E-state index in [0.717, 1.165) is 5.56 Å². The lowest BCUT2D eigenvalue weighted by atomic mass is 10.0. The van der Waals surface area contributed by atoms with Gasteiger partial charge < -0.3 is 24.8 Å². The zero-order valence-corrected chi connectivity index (χ0v) is 19.9. The molecule has 0 aromatic heterocycles. The van der Waals surface area contributed by atoms with Crippen LogP contribution in [0.2, 0.25) is 5.02 Å². The third kappa shape index (κ3) is 6.51. The van der Waals surface area contributed by atoms with E-state index >= 15 is 0 Å². The van der Waals surface area contributed by atoms with E-state index in [-0.39, 0.29) is 47.6 Å². The summed E-state index contributed by atoms with van der Waals surface area (Å²) in [7, 11) is 0. The third-order valence-corrected chi connectivity index (χ3v) is 5.42. The highest BCUT2D eigenvalue weighted by atomic mass is 35.5. The van der Waals surface area contributed by atoms with Crippen LogP contribution in [0, 0.1) is 0 Å². The second-order valence-electron chi connectivity index (χ2n) is 6.81. The van der Waals surface area contributed by atoms with Crippen molar-refractivity contribution in [2.24, 2.45) is 5.73 Å². The quantitative estimate of drug-likeness (QED) is 0.195. The molecule has 2 rings (SSSR count). The Balaban J connectivity index is 2.29. The fourth-order valence-corrected chi connectivity index (χ4v) is 3.84. The summed E-state index contributed by atoms with van der Waals surface area (Å²) in [6.07, 6.45) is 0. The molecular weight excluding hydrogens is 455 g/mol. The molecular formula is C23H28Cl2N2O5. The van der Waals surface area contributed by atoms with E-state index in [4.69, 9.17) is 43.1 Å². The molecule has 1 atom stereocenters. The molecule has 1 unspecified atom stereocenters. The van der Waals surface area contributed by atoms with Crippen LogP contribution in [0.15, 0.2) is 36.4 Å². The number of ether oxygens (including phenoxy) is 3. The summed E-state index contributed by atoms with van der Waals surface area (Å²) in [5.41, 5.74) is 6.12. The highest BCUT2D eigenvalue weighted by molar-refractivity contribution is 6.35. The van der Waals surface area contributed by atoms with Crippen LogP contribution in [-0.4, -0.2) is 43.1 Å². The Morgan fingerprint density at radius 2 is 1.78 bits per heavy atom. The molecule has 32 heavy (non-hydrogen) atoms. The summed E-state index contributed by atoms with van der Waals surface area (Å²) in [5, 5.41) is 0.122. The van der Waals surface area contributed by atoms with Crippen LogP contribution in [0.4, 0.5) is 4.79 Å². The summed E-state index contributed by atoms with van der Waals surface area (Å²) < 4.78 is 16.9. The minimum absolute atomic E-state index is 0.122. The first kappa shape index (κ1) is 25.8. The lowest BCUT2D eigenvalue weighted by molar-refractivity contribution is 0.0971. The number of ketones is 1. The van der Waals surface area contributed by atoms with E-state index in [1.54, 1.807) is 19.9 Å². The van der Waals surface area contributed by atoms with Crippen LogP contribution < -0.4 is 15.2 Å². The van der Waals surface area contributed by atoms with Crippen molar-refractivity contribution in [3.05, 3.63) is 58.1 Å². The van der Waals surface area contributed by atoms with Gasteiger partial charge in [-0.3, -0.25) is 4.79 Å². The van der Waals surface area contributed by atoms with Crippen molar-refractivity contribution in [2.75, 3.05) is 26.4 Å². The van der Waals surface area contributed by atoms with Crippen molar-refractivity contribution < 1.29 is 23.8 Å². The lowest BCUT2D eigenvalue weighted by Gasteiger charge is -2.28. The normalized spacial score (nSPS) is 11.7. The van der Waals surface area contributed by atoms with E-state index in [2.05, 4.69) is 0 Å². The van der Waals surface area contributed by atoms with Crippen LogP contribution in [0.1, 0.15) is 47.8 Å². The number of primary amides is 1. The molecule has 0 spiro atoms. The van der Waals surface area contributed by atoms with Gasteiger partial charge in [0.05, 0.1) is 31.5 Å². The Kier molecular flexibility index (Phi) is 10.1. The van der Waals surface area contributed by atoms with Crippen LogP contribution in [0.25, 0.3) is 0 Å². The molecule has 9 heteroatoms. The summed E-state index contributed by atoms with van der Waals surface area (Å²) >= 11 is 13.2. The van der Waals surface area contributed by atoms with Crippen LogP contribution >= 0.6 is 23.2 Å². The second kappa shape index (κ2) is 12.5. The molecule has 0 aliphatic heterocycles. The van der Waals surface area contributed by atoms with E-state index in [1.807, 2.05) is 30.3 Å². The van der Waals surface area contributed by atoms with Crippen LogP contribution in [0.3, 0.4) is 0 Å². The van der Waals surface area contributed by atoms with E-state index in [1.165, 1.54) is 11.8 Å². The zero-order chi connectivity index (χ0) is 23.7. The number of benzene rings is 2. The standard InChI is InChI=1S/C23H28Cl2N2O5/c1-4-31-18-13-17(20(24)21(32-5-2)19(18)15(3)28)22(25)27(23(26)29)11-12-30-14-16-9-7-6-8-10-16/h6-10,13,22H,4-5,11-12,14H2,1-3H3,(H2,26,29). The van der Waals surface area contributed by atoms with Crippen LogP contribution in [0.5, 0.6) is 11.5 Å². The molecule has 0 aliphatic rings. The van der Waals surface area contributed by atoms with Gasteiger partial charge in [0.2, 0.25) is 0 Å². The van der Waals surface area contributed by atoms with Crippen LogP contribution in [-0.2, 0) is 11.3 Å². The number of nitrogens with zero attached hydrogens (tertiary/aromatic N) is 1. The van der Waals surface area contributed by atoms with Crippen molar-refractivity contribution in [1.29, 1.82) is 0 Å². The fourth-order valence-electron chi connectivity index (χ4n) is 3.12. The van der Waals surface area contributed by atoms with Gasteiger partial charge in [0.1, 0.15) is 16.8 Å². The van der Waals surface area contributed by atoms with Gasteiger partial charge in [-0.25, -0.2) is 4.79 Å². The minimum atomic E-state index is -1.03. The molecule has 0 radical (unpaired) electrons. The maximum Gasteiger partial charge on any atom is 0.316 e. The Hall–Kier alpha value is -2.48. The molecule has 2 amide bonds. The summed E-state index contributed by atoms with van der Waals surface area (Å²) in [4.78, 5) is 25.6. The van der Waals surface area contributed by atoms with E-state index in [0.29, 0.717) is 18.8 Å². The molecule has 2 aromatic rings. The number of alkyl halides is 1. The highest BCUT2D eigenvalue weighted by Crippen LogP contribution is 2.44. The molecule has 7 nitrogen and oxygen atoms in total. The lowest BCUT2D eigenvalue weighted by Crippen LogP contribution is -2.39. The summed E-state index contributed by atoms with van der Waals surface area (Å²) in [6.45, 7) is 6.27. The predicted molar refractivity (Wildman–Crippen MR) is 125 cm³/mol. The zero-order valence-electron chi connectivity index (χ0n) is 18.4. The number of halogens is 2. The van der Waals surface area contributed by atoms with Crippen molar-refractivity contribution in [2.45, 2.75) is 32.9 Å². The number of amides is 2. The van der Waals surface area contributed by atoms with Gasteiger partial charge in [-0.05, 0) is 32.4 Å². The molecule has 0 aliphatic carbocycles. The average Bonchev–Trinajstić information content (AvgIpc) is 2.76. The molecule has 0 heterocycles. The number of urea groups is 1. The summed E-state index contributed by atoms with van der Waals surface area (Å²) in [5.74, 6) is 0.175. The molecule has 174 valence electrons. The van der Waals surface area contributed by atoms with Gasteiger partial charge >= 0.3 is 6.03 Å².